The van der Waals surface area contributed by atoms with E-state index < -0.39 is 6.09 Å². The lowest BCUT2D eigenvalue weighted by Gasteiger charge is -2.07. The molecule has 0 fully saturated rings. The van der Waals surface area contributed by atoms with Gasteiger partial charge in [0.2, 0.25) is 5.95 Å². The molecule has 3 aromatic rings. The van der Waals surface area contributed by atoms with Crippen LogP contribution in [0.2, 0.25) is 0 Å². The second-order valence-corrected chi connectivity index (χ2v) is 5.10. The topological polar surface area (TPSA) is 56.1 Å². The van der Waals surface area contributed by atoms with Crippen molar-refractivity contribution in [1.82, 2.24) is 9.55 Å². The third kappa shape index (κ3) is 3.08. The number of fused-ring (bicyclic) bond motifs is 1. The van der Waals surface area contributed by atoms with Crippen molar-refractivity contribution < 1.29 is 11.0 Å². The summed E-state index contributed by atoms with van der Waals surface area (Å²) in [6, 6.07) is 15.3. The van der Waals surface area contributed by atoms with E-state index in [1.165, 1.54) is 0 Å². The van der Waals surface area contributed by atoms with Gasteiger partial charge >= 0.3 is 6.09 Å². The van der Waals surface area contributed by atoms with Crippen molar-refractivity contribution in [2.45, 2.75) is 6.61 Å². The molecule has 0 atom stereocenters. The zero-order valence-corrected chi connectivity index (χ0v) is 12.8. The fraction of sp³-hybridized carbons (Fsp3) is 0.111. The number of hydrogen-bond donors (Lipinski definition) is 1. The van der Waals surface area contributed by atoms with Crippen LogP contribution in [-0.4, -0.2) is 15.6 Å². The van der Waals surface area contributed by atoms with E-state index in [2.05, 4.69) is 16.9 Å². The Bertz CT molecular complexity index is 859. The van der Waals surface area contributed by atoms with Crippen molar-refractivity contribution in [2.75, 3.05) is 5.32 Å². The molecule has 0 radical (unpaired) electrons. The molecule has 1 amide bonds. The highest BCUT2D eigenvalue weighted by atomic mass is 16.5. The molecule has 0 aliphatic heterocycles. The lowest BCUT2D eigenvalue weighted by Crippen LogP contribution is -2.16. The van der Waals surface area contributed by atoms with Crippen LogP contribution < -0.4 is 5.32 Å². The van der Waals surface area contributed by atoms with E-state index in [-0.39, 0.29) is 8.03 Å². The van der Waals surface area contributed by atoms with Crippen LogP contribution in [0.15, 0.2) is 55.1 Å². The van der Waals surface area contributed by atoms with Crippen molar-refractivity contribution in [1.29, 1.82) is 0 Å². The Labute approximate surface area is 135 Å². The average Bonchev–Trinajstić information content (AvgIpc) is 2.90. The zero-order valence-electron chi connectivity index (χ0n) is 12.8. The largest absolute Gasteiger partial charge is 0.444 e. The summed E-state index contributed by atoms with van der Waals surface area (Å²) in [5.74, 6) is 0.437. The number of amides is 1. The molecule has 3 rings (SSSR count). The van der Waals surface area contributed by atoms with E-state index in [1.807, 2.05) is 60.1 Å². The highest BCUT2D eigenvalue weighted by Gasteiger charge is 2.13. The summed E-state index contributed by atoms with van der Waals surface area (Å²) in [7, 11) is 1.84. The Kier molecular flexibility index (Phi) is 4.10. The molecule has 0 spiro atoms. The van der Waals surface area contributed by atoms with Gasteiger partial charge < -0.3 is 9.30 Å². The number of nitrogens with one attached hydrogen (secondary N) is 1. The van der Waals surface area contributed by atoms with E-state index in [1.54, 1.807) is 6.08 Å². The van der Waals surface area contributed by atoms with Gasteiger partial charge in [-0.3, -0.25) is 5.32 Å². The molecule has 0 aliphatic rings. The monoisotopic (exact) mass is 309 g/mol. The number of para-hydroxylation sites is 1. The van der Waals surface area contributed by atoms with Crippen LogP contribution in [-0.2, 0) is 18.4 Å². The van der Waals surface area contributed by atoms with Gasteiger partial charge in [0.05, 0.1) is 11.0 Å². The highest BCUT2D eigenvalue weighted by molar-refractivity contribution is 5.90. The Morgan fingerprint density at radius 3 is 2.83 bits per heavy atom. The standard InChI is InChI=1S/C18H17N3O2.H2/c1-3-14-10-7-11-15-16(14)21(2)17(19-15)20-18(22)23-12-13-8-5-4-6-9-13;/h3-11H,1,12H2,2H3,(H,19,20,22);1H. The van der Waals surface area contributed by atoms with Crippen LogP contribution in [0.4, 0.5) is 10.7 Å². The smallest absolute Gasteiger partial charge is 0.414 e. The predicted molar refractivity (Wildman–Crippen MR) is 93.2 cm³/mol. The van der Waals surface area contributed by atoms with E-state index >= 15 is 0 Å². The van der Waals surface area contributed by atoms with Gasteiger partial charge in [0.15, 0.2) is 0 Å². The van der Waals surface area contributed by atoms with Crippen molar-refractivity contribution in [2.24, 2.45) is 7.05 Å². The molecule has 1 N–H and O–H groups in total. The minimum Gasteiger partial charge on any atom is -0.444 e. The first-order chi connectivity index (χ1) is 11.2. The molecule has 5 nitrogen and oxygen atoms in total. The molecule has 1 heterocycles. The number of rotatable bonds is 4. The fourth-order valence-electron chi connectivity index (χ4n) is 2.43. The lowest BCUT2D eigenvalue weighted by atomic mass is 10.2. The van der Waals surface area contributed by atoms with Gasteiger partial charge in [-0.05, 0) is 17.2 Å². The Morgan fingerprint density at radius 2 is 2.09 bits per heavy atom. The maximum absolute atomic E-state index is 12.0. The zero-order chi connectivity index (χ0) is 16.2. The van der Waals surface area contributed by atoms with Crippen LogP contribution in [0.25, 0.3) is 17.1 Å². The van der Waals surface area contributed by atoms with Crippen molar-refractivity contribution in [3.8, 4) is 0 Å². The van der Waals surface area contributed by atoms with Crippen LogP contribution in [0.3, 0.4) is 0 Å². The average molecular weight is 309 g/mol. The number of anilines is 1. The van der Waals surface area contributed by atoms with Gasteiger partial charge in [0.1, 0.15) is 6.61 Å². The normalized spacial score (nSPS) is 10.5. The Hall–Kier alpha value is -3.08. The molecule has 2 aromatic carbocycles. The molecule has 0 saturated heterocycles. The van der Waals surface area contributed by atoms with Gasteiger partial charge in [0.25, 0.3) is 0 Å². The molecule has 1 aromatic heterocycles. The number of nitrogens with zero attached hydrogens (tertiary/aromatic N) is 2. The van der Waals surface area contributed by atoms with Gasteiger partial charge in [-0.25, -0.2) is 9.78 Å². The summed E-state index contributed by atoms with van der Waals surface area (Å²) >= 11 is 0. The SMILES string of the molecule is C=Cc1cccc2nc(NC(=O)OCc3ccccc3)n(C)c12.[HH]. The summed E-state index contributed by atoms with van der Waals surface area (Å²) in [5, 5.41) is 2.68. The highest BCUT2D eigenvalue weighted by Crippen LogP contribution is 2.22. The van der Waals surface area contributed by atoms with Crippen LogP contribution in [0.5, 0.6) is 0 Å². The first kappa shape index (κ1) is 14.8. The number of aromatic nitrogens is 2. The molecular formula is C18H19N3O2. The first-order valence-corrected chi connectivity index (χ1v) is 7.24. The van der Waals surface area contributed by atoms with E-state index in [4.69, 9.17) is 4.74 Å². The van der Waals surface area contributed by atoms with Crippen molar-refractivity contribution >= 4 is 29.2 Å². The first-order valence-electron chi connectivity index (χ1n) is 7.24. The molecule has 0 aliphatic carbocycles. The summed E-state index contributed by atoms with van der Waals surface area (Å²) in [4.78, 5) is 16.4. The van der Waals surface area contributed by atoms with Gasteiger partial charge in [-0.1, -0.05) is 55.1 Å². The predicted octanol–water partition coefficient (Wildman–Crippen LogP) is 4.21. The lowest BCUT2D eigenvalue weighted by molar-refractivity contribution is 0.155. The molecule has 0 saturated carbocycles. The van der Waals surface area contributed by atoms with Crippen molar-refractivity contribution in [3.05, 3.63) is 66.2 Å². The van der Waals surface area contributed by atoms with Gasteiger partial charge in [0, 0.05) is 8.47 Å². The minimum atomic E-state index is -0.535. The molecule has 0 unspecified atom stereocenters. The number of carbonyl (C=O) groups is 1. The number of carbonyl (C=O) groups excluding carboxylic acids is 1. The summed E-state index contributed by atoms with van der Waals surface area (Å²) < 4.78 is 7.03. The third-order valence-electron chi connectivity index (χ3n) is 3.57. The maximum Gasteiger partial charge on any atom is 0.414 e. The second kappa shape index (κ2) is 6.36. The Balaban J connectivity index is 0.00000208. The molecule has 5 heteroatoms. The van der Waals surface area contributed by atoms with Crippen LogP contribution in [0.1, 0.15) is 12.6 Å². The number of ether oxygens (including phenoxy) is 1. The molecule has 118 valence electrons. The van der Waals surface area contributed by atoms with Crippen LogP contribution >= 0.6 is 0 Å². The second-order valence-electron chi connectivity index (χ2n) is 5.10. The maximum atomic E-state index is 12.0. The number of benzene rings is 2. The number of imidazole rings is 1. The molecule has 23 heavy (non-hydrogen) atoms. The van der Waals surface area contributed by atoms with E-state index in [0.29, 0.717) is 5.95 Å². The molecule has 0 bridgehead atoms. The van der Waals surface area contributed by atoms with Gasteiger partial charge in [-0.2, -0.15) is 0 Å². The molecular weight excluding hydrogens is 290 g/mol. The van der Waals surface area contributed by atoms with Crippen molar-refractivity contribution in [3.63, 3.8) is 0 Å². The fourth-order valence-corrected chi connectivity index (χ4v) is 2.43. The summed E-state index contributed by atoms with van der Waals surface area (Å²) in [5.41, 5.74) is 3.61. The van der Waals surface area contributed by atoms with Gasteiger partial charge in [-0.15, -0.1) is 0 Å². The Morgan fingerprint density at radius 1 is 1.30 bits per heavy atom. The quantitative estimate of drug-likeness (QED) is 0.785. The number of aryl methyl sites for hydroxylation is 1. The summed E-state index contributed by atoms with van der Waals surface area (Å²) in [6.07, 6.45) is 1.23. The number of hydrogen-bond acceptors (Lipinski definition) is 3. The minimum absolute atomic E-state index is 0. The van der Waals surface area contributed by atoms with Crippen LogP contribution in [0, 0.1) is 0 Å². The van der Waals surface area contributed by atoms with E-state index in [9.17, 15) is 4.79 Å². The third-order valence-corrected chi connectivity index (χ3v) is 3.57. The van der Waals surface area contributed by atoms with E-state index in [0.717, 1.165) is 22.2 Å². The summed E-state index contributed by atoms with van der Waals surface area (Å²) in [6.45, 7) is 4.02.